The number of aromatic nitrogens is 2. The van der Waals surface area contributed by atoms with Gasteiger partial charge in [-0.05, 0) is 29.2 Å². The Morgan fingerprint density at radius 3 is 3.05 bits per heavy atom. The summed E-state index contributed by atoms with van der Waals surface area (Å²) in [5, 5.41) is 8.55. The van der Waals surface area contributed by atoms with Crippen molar-refractivity contribution in [3.63, 3.8) is 0 Å². The van der Waals surface area contributed by atoms with Gasteiger partial charge in [-0.2, -0.15) is 0 Å². The van der Waals surface area contributed by atoms with Crippen molar-refractivity contribution in [2.24, 2.45) is 0 Å². The topological polar surface area (TPSA) is 73.3 Å². The van der Waals surface area contributed by atoms with Gasteiger partial charge in [0.05, 0.1) is 18.2 Å². The molecular weight excluding hydrogens is 314 g/mol. The Bertz CT molecular complexity index is 648. The van der Waals surface area contributed by atoms with Gasteiger partial charge in [0.15, 0.2) is 17.2 Å². The lowest BCUT2D eigenvalue weighted by Crippen LogP contribution is -2.23. The van der Waals surface area contributed by atoms with E-state index in [1.165, 1.54) is 0 Å². The van der Waals surface area contributed by atoms with Gasteiger partial charge in [0.1, 0.15) is 0 Å². The van der Waals surface area contributed by atoms with Crippen LogP contribution in [0.3, 0.4) is 0 Å². The fourth-order valence-corrected chi connectivity index (χ4v) is 2.65. The number of hydrogen-bond acceptors (Lipinski definition) is 6. The molecule has 8 heteroatoms. The van der Waals surface area contributed by atoms with Crippen LogP contribution in [0, 0.1) is 0 Å². The van der Waals surface area contributed by atoms with Crippen LogP contribution in [-0.4, -0.2) is 28.7 Å². The summed E-state index contributed by atoms with van der Waals surface area (Å²) in [6.45, 7) is 1.50. The molecule has 0 saturated carbocycles. The Balaban J connectivity index is 1.73. The van der Waals surface area contributed by atoms with Crippen LogP contribution in [-0.2, 0) is 6.54 Å². The van der Waals surface area contributed by atoms with E-state index < -0.39 is 0 Å². The Morgan fingerprint density at radius 1 is 1.38 bits per heavy atom. The number of carbonyl (C=O) groups excluding carboxylic acids is 1. The average Bonchev–Trinajstić information content (AvgIpc) is 2.91. The quantitative estimate of drug-likeness (QED) is 0.937. The van der Waals surface area contributed by atoms with Gasteiger partial charge in [0.25, 0.3) is 5.91 Å². The van der Waals surface area contributed by atoms with E-state index in [2.05, 4.69) is 14.9 Å². The van der Waals surface area contributed by atoms with Crippen LogP contribution in [0.4, 0.5) is 0 Å². The zero-order valence-corrected chi connectivity index (χ0v) is 12.5. The minimum atomic E-state index is -0.271. The third kappa shape index (κ3) is 3.25. The van der Waals surface area contributed by atoms with Crippen molar-refractivity contribution in [2.45, 2.75) is 13.0 Å². The summed E-state index contributed by atoms with van der Waals surface area (Å²) in [4.78, 5) is 11.8. The lowest BCUT2D eigenvalue weighted by Gasteiger charge is -2.11. The lowest BCUT2D eigenvalue weighted by atomic mass is 10.2. The molecular formula is C13H12ClN3O3S. The number of amides is 1. The number of nitrogens with zero attached hydrogens (tertiary/aromatic N) is 2. The van der Waals surface area contributed by atoms with E-state index in [1.807, 2.05) is 6.07 Å². The summed E-state index contributed by atoms with van der Waals surface area (Å²) >= 11 is 7.33. The number of fused-ring (bicyclic) bond motifs is 1. The first-order valence-electron chi connectivity index (χ1n) is 6.37. The number of hydrogen-bond donors (Lipinski definition) is 1. The largest absolute Gasteiger partial charge is 0.489 e. The van der Waals surface area contributed by atoms with Crippen LogP contribution < -0.4 is 14.8 Å². The normalized spacial score (nSPS) is 13.6. The molecule has 0 spiro atoms. The summed E-state index contributed by atoms with van der Waals surface area (Å²) in [6.07, 6.45) is 0.813. The van der Waals surface area contributed by atoms with Gasteiger partial charge in [-0.1, -0.05) is 16.1 Å². The molecule has 2 aromatic rings. The Morgan fingerprint density at radius 2 is 2.24 bits per heavy atom. The first-order valence-corrected chi connectivity index (χ1v) is 7.59. The SMILES string of the molecule is O=C(NCc1cc(Cl)c2c(c1)OCCCO2)c1csnn1. The Hall–Kier alpha value is -1.86. The monoisotopic (exact) mass is 325 g/mol. The van der Waals surface area contributed by atoms with Crippen molar-refractivity contribution in [3.8, 4) is 11.5 Å². The van der Waals surface area contributed by atoms with Crippen LogP contribution in [0.15, 0.2) is 17.5 Å². The second-order valence-electron chi connectivity index (χ2n) is 4.43. The molecule has 0 aliphatic carbocycles. The van der Waals surface area contributed by atoms with E-state index in [1.54, 1.807) is 11.4 Å². The van der Waals surface area contributed by atoms with Crippen LogP contribution >= 0.6 is 23.1 Å². The van der Waals surface area contributed by atoms with Crippen molar-refractivity contribution in [1.82, 2.24) is 14.9 Å². The number of halogens is 1. The third-order valence-corrected chi connectivity index (χ3v) is 3.69. The number of nitrogens with one attached hydrogen (secondary N) is 1. The van der Waals surface area contributed by atoms with E-state index in [4.69, 9.17) is 21.1 Å². The molecule has 1 aromatic carbocycles. The molecule has 0 saturated heterocycles. The number of benzene rings is 1. The maximum atomic E-state index is 11.8. The Kier molecular flexibility index (Phi) is 4.21. The lowest BCUT2D eigenvalue weighted by molar-refractivity contribution is 0.0946. The van der Waals surface area contributed by atoms with Crippen LogP contribution in [0.2, 0.25) is 5.02 Å². The molecule has 21 heavy (non-hydrogen) atoms. The van der Waals surface area contributed by atoms with Gasteiger partial charge in [0, 0.05) is 18.3 Å². The molecule has 1 aromatic heterocycles. The molecule has 2 heterocycles. The zero-order valence-electron chi connectivity index (χ0n) is 11.0. The number of rotatable bonds is 3. The minimum absolute atomic E-state index is 0.271. The van der Waals surface area contributed by atoms with Crippen molar-refractivity contribution in [2.75, 3.05) is 13.2 Å². The molecule has 1 aliphatic heterocycles. The maximum Gasteiger partial charge on any atom is 0.273 e. The molecule has 6 nitrogen and oxygen atoms in total. The highest BCUT2D eigenvalue weighted by Crippen LogP contribution is 2.37. The highest BCUT2D eigenvalue weighted by Gasteiger charge is 2.16. The van der Waals surface area contributed by atoms with Crippen molar-refractivity contribution in [1.29, 1.82) is 0 Å². The van der Waals surface area contributed by atoms with Crippen LogP contribution in [0.1, 0.15) is 22.5 Å². The predicted molar refractivity (Wildman–Crippen MR) is 78.1 cm³/mol. The van der Waals surface area contributed by atoms with Gasteiger partial charge < -0.3 is 14.8 Å². The summed E-state index contributed by atoms with van der Waals surface area (Å²) in [5.74, 6) is 0.902. The first-order chi connectivity index (χ1) is 10.2. The molecule has 0 bridgehead atoms. The standard InChI is InChI=1S/C13H12ClN3O3S/c14-9-4-8(5-11-12(9)20-3-1-2-19-11)6-15-13(18)10-7-21-17-16-10/h4-5,7H,1-3,6H2,(H,15,18). The molecule has 1 aliphatic rings. The summed E-state index contributed by atoms with van der Waals surface area (Å²) in [5.41, 5.74) is 1.14. The van der Waals surface area contributed by atoms with E-state index in [0.29, 0.717) is 42.0 Å². The van der Waals surface area contributed by atoms with Crippen LogP contribution in [0.25, 0.3) is 0 Å². The maximum absolute atomic E-state index is 11.8. The van der Waals surface area contributed by atoms with Gasteiger partial charge in [-0.25, -0.2) is 0 Å². The van der Waals surface area contributed by atoms with E-state index in [-0.39, 0.29) is 5.91 Å². The molecule has 1 N–H and O–H groups in total. The Labute approximate surface area is 130 Å². The molecule has 3 rings (SSSR count). The van der Waals surface area contributed by atoms with Crippen molar-refractivity contribution in [3.05, 3.63) is 33.8 Å². The predicted octanol–water partition coefficient (Wildman–Crippen LogP) is 2.28. The van der Waals surface area contributed by atoms with Gasteiger partial charge in [-0.15, -0.1) is 5.10 Å². The molecule has 0 fully saturated rings. The minimum Gasteiger partial charge on any atom is -0.489 e. The van der Waals surface area contributed by atoms with Crippen molar-refractivity contribution < 1.29 is 14.3 Å². The summed E-state index contributed by atoms with van der Waals surface area (Å²) in [7, 11) is 0. The fourth-order valence-electron chi connectivity index (χ4n) is 1.92. The molecule has 1 amide bonds. The van der Waals surface area contributed by atoms with E-state index >= 15 is 0 Å². The molecule has 110 valence electrons. The highest BCUT2D eigenvalue weighted by atomic mass is 35.5. The van der Waals surface area contributed by atoms with E-state index in [9.17, 15) is 4.79 Å². The highest BCUT2D eigenvalue weighted by molar-refractivity contribution is 7.03. The summed E-state index contributed by atoms with van der Waals surface area (Å²) in [6, 6.07) is 3.58. The molecule has 0 atom stereocenters. The smallest absolute Gasteiger partial charge is 0.273 e. The molecule has 0 unspecified atom stereocenters. The zero-order chi connectivity index (χ0) is 14.7. The second-order valence-corrected chi connectivity index (χ2v) is 5.45. The fraction of sp³-hybridized carbons (Fsp3) is 0.308. The summed E-state index contributed by atoms with van der Waals surface area (Å²) < 4.78 is 14.8. The van der Waals surface area contributed by atoms with Crippen LogP contribution in [0.5, 0.6) is 11.5 Å². The molecule has 0 radical (unpaired) electrons. The van der Waals surface area contributed by atoms with Gasteiger partial charge in [0.2, 0.25) is 0 Å². The third-order valence-electron chi connectivity index (χ3n) is 2.91. The average molecular weight is 326 g/mol. The van der Waals surface area contributed by atoms with E-state index in [0.717, 1.165) is 23.5 Å². The van der Waals surface area contributed by atoms with Gasteiger partial charge >= 0.3 is 0 Å². The number of ether oxygens (including phenoxy) is 2. The number of carbonyl (C=O) groups is 1. The second kappa shape index (κ2) is 6.28. The first kappa shape index (κ1) is 14.1. The van der Waals surface area contributed by atoms with Crippen molar-refractivity contribution >= 4 is 29.0 Å². The van der Waals surface area contributed by atoms with Gasteiger partial charge in [-0.3, -0.25) is 4.79 Å².